The van der Waals surface area contributed by atoms with E-state index < -0.39 is 0 Å². The Morgan fingerprint density at radius 3 is 2.69 bits per heavy atom. The predicted octanol–water partition coefficient (Wildman–Crippen LogP) is 3.77. The van der Waals surface area contributed by atoms with Gasteiger partial charge in [0.1, 0.15) is 5.01 Å². The highest BCUT2D eigenvalue weighted by Crippen LogP contribution is 2.30. The van der Waals surface area contributed by atoms with E-state index in [1.807, 2.05) is 37.4 Å². The van der Waals surface area contributed by atoms with Gasteiger partial charge in [0.15, 0.2) is 0 Å². The molecule has 2 aromatic rings. The Balaban J connectivity index is 2.52. The second-order valence-corrected chi connectivity index (χ2v) is 4.40. The number of aryl methyl sites for hydroxylation is 1. The van der Waals surface area contributed by atoms with Gasteiger partial charge in [0.2, 0.25) is 0 Å². The monoisotopic (exact) mass is 209 g/mol. The third kappa shape index (κ3) is 1.74. The number of thiazole rings is 1. The number of halogens is 1. The molecule has 2 rings (SSSR count). The molecule has 0 atom stereocenters. The number of aromatic nitrogens is 1. The maximum atomic E-state index is 6.03. The molecular weight excluding hydrogens is 202 g/mol. The first kappa shape index (κ1) is 8.73. The van der Waals surface area contributed by atoms with Gasteiger partial charge in [-0.25, -0.2) is 4.98 Å². The predicted molar refractivity (Wildman–Crippen MR) is 57.3 cm³/mol. The van der Waals surface area contributed by atoms with Crippen molar-refractivity contribution in [1.29, 1.82) is 0 Å². The van der Waals surface area contributed by atoms with Crippen molar-refractivity contribution in [3.05, 3.63) is 40.4 Å². The number of nitrogens with zero attached hydrogens (tertiary/aromatic N) is 1. The van der Waals surface area contributed by atoms with E-state index in [1.54, 1.807) is 11.3 Å². The minimum absolute atomic E-state index is 0.761. The van der Waals surface area contributed by atoms with E-state index in [0.29, 0.717) is 0 Å². The third-order valence-electron chi connectivity index (χ3n) is 1.73. The van der Waals surface area contributed by atoms with Crippen LogP contribution in [0.3, 0.4) is 0 Å². The lowest BCUT2D eigenvalue weighted by molar-refractivity contribution is 1.38. The summed E-state index contributed by atoms with van der Waals surface area (Å²) in [5.74, 6) is 0. The molecular formula is C10H8ClNS. The van der Waals surface area contributed by atoms with Crippen molar-refractivity contribution in [2.75, 3.05) is 0 Å². The Morgan fingerprint density at radius 1 is 1.31 bits per heavy atom. The zero-order valence-corrected chi connectivity index (χ0v) is 8.69. The van der Waals surface area contributed by atoms with E-state index in [1.165, 1.54) is 4.88 Å². The van der Waals surface area contributed by atoms with Gasteiger partial charge in [-0.2, -0.15) is 0 Å². The Kier molecular flexibility index (Phi) is 2.34. The van der Waals surface area contributed by atoms with E-state index in [4.69, 9.17) is 11.6 Å². The number of benzene rings is 1. The standard InChI is InChI=1S/C10H8ClNS/c1-7-6-12-10(13-7)8-4-2-3-5-9(8)11/h2-6H,1H3. The van der Waals surface area contributed by atoms with Gasteiger partial charge in [0.25, 0.3) is 0 Å². The largest absolute Gasteiger partial charge is 0.244 e. The molecule has 3 heteroatoms. The first-order chi connectivity index (χ1) is 6.27. The summed E-state index contributed by atoms with van der Waals surface area (Å²) in [5.41, 5.74) is 1.02. The Morgan fingerprint density at radius 2 is 2.08 bits per heavy atom. The molecule has 0 fully saturated rings. The van der Waals surface area contributed by atoms with Crippen LogP contribution in [0.4, 0.5) is 0 Å². The molecule has 0 saturated carbocycles. The fourth-order valence-electron chi connectivity index (χ4n) is 1.11. The highest BCUT2D eigenvalue weighted by molar-refractivity contribution is 7.15. The molecule has 0 radical (unpaired) electrons. The molecule has 0 bridgehead atoms. The van der Waals surface area contributed by atoms with Crippen LogP contribution in [0.5, 0.6) is 0 Å². The van der Waals surface area contributed by atoms with Crippen LogP contribution >= 0.6 is 22.9 Å². The van der Waals surface area contributed by atoms with Gasteiger partial charge >= 0.3 is 0 Å². The Hall–Kier alpha value is -0.860. The first-order valence-corrected chi connectivity index (χ1v) is 5.14. The molecule has 0 N–H and O–H groups in total. The van der Waals surface area contributed by atoms with Crippen LogP contribution in [-0.2, 0) is 0 Å². The molecule has 66 valence electrons. The van der Waals surface area contributed by atoms with Crippen molar-refractivity contribution in [3.8, 4) is 10.6 Å². The summed E-state index contributed by atoms with van der Waals surface area (Å²) in [6, 6.07) is 7.76. The van der Waals surface area contributed by atoms with Gasteiger partial charge in [-0.1, -0.05) is 29.8 Å². The maximum Gasteiger partial charge on any atom is 0.125 e. The van der Waals surface area contributed by atoms with Crippen LogP contribution in [0.2, 0.25) is 5.02 Å². The van der Waals surface area contributed by atoms with E-state index >= 15 is 0 Å². The number of hydrogen-bond donors (Lipinski definition) is 0. The van der Waals surface area contributed by atoms with Crippen LogP contribution in [0.25, 0.3) is 10.6 Å². The van der Waals surface area contributed by atoms with E-state index in [2.05, 4.69) is 4.98 Å². The quantitative estimate of drug-likeness (QED) is 0.697. The van der Waals surface area contributed by atoms with E-state index in [9.17, 15) is 0 Å². The molecule has 1 aromatic carbocycles. The van der Waals surface area contributed by atoms with Gasteiger partial charge in [0, 0.05) is 16.6 Å². The molecule has 13 heavy (non-hydrogen) atoms. The van der Waals surface area contributed by atoms with Crippen LogP contribution in [0.1, 0.15) is 4.88 Å². The molecule has 0 amide bonds. The Bertz CT molecular complexity index is 422. The summed E-state index contributed by atoms with van der Waals surface area (Å²) in [7, 11) is 0. The normalized spacial score (nSPS) is 10.3. The van der Waals surface area contributed by atoms with Crippen molar-refractivity contribution in [2.45, 2.75) is 6.92 Å². The molecule has 1 aromatic heterocycles. The molecule has 0 unspecified atom stereocenters. The first-order valence-electron chi connectivity index (χ1n) is 3.95. The minimum Gasteiger partial charge on any atom is -0.244 e. The highest BCUT2D eigenvalue weighted by Gasteiger charge is 2.05. The van der Waals surface area contributed by atoms with Crippen molar-refractivity contribution >= 4 is 22.9 Å². The fourth-order valence-corrected chi connectivity index (χ4v) is 2.20. The molecule has 1 heterocycles. The fraction of sp³-hybridized carbons (Fsp3) is 0.100. The van der Waals surface area contributed by atoms with Crippen molar-refractivity contribution in [3.63, 3.8) is 0 Å². The maximum absolute atomic E-state index is 6.03. The summed E-state index contributed by atoms with van der Waals surface area (Å²) >= 11 is 7.69. The lowest BCUT2D eigenvalue weighted by atomic mass is 10.2. The lowest BCUT2D eigenvalue weighted by Gasteiger charge is -1.97. The van der Waals surface area contributed by atoms with Crippen molar-refractivity contribution < 1.29 is 0 Å². The van der Waals surface area contributed by atoms with Gasteiger partial charge in [0.05, 0.1) is 5.02 Å². The number of rotatable bonds is 1. The summed E-state index contributed by atoms with van der Waals surface area (Å²) in [6.45, 7) is 2.04. The SMILES string of the molecule is Cc1cnc(-c2ccccc2Cl)s1. The molecule has 0 aliphatic heterocycles. The smallest absolute Gasteiger partial charge is 0.125 e. The summed E-state index contributed by atoms with van der Waals surface area (Å²) in [6.07, 6.45) is 1.86. The average Bonchev–Trinajstić information content (AvgIpc) is 2.53. The molecule has 0 saturated heterocycles. The zero-order chi connectivity index (χ0) is 9.26. The van der Waals surface area contributed by atoms with Crippen molar-refractivity contribution in [1.82, 2.24) is 4.98 Å². The van der Waals surface area contributed by atoms with Crippen LogP contribution in [-0.4, -0.2) is 4.98 Å². The summed E-state index contributed by atoms with van der Waals surface area (Å²) < 4.78 is 0. The minimum atomic E-state index is 0.761. The third-order valence-corrected chi connectivity index (χ3v) is 3.00. The lowest BCUT2D eigenvalue weighted by Crippen LogP contribution is -1.75. The molecule has 1 nitrogen and oxygen atoms in total. The van der Waals surface area contributed by atoms with Gasteiger partial charge in [-0.15, -0.1) is 11.3 Å². The molecule has 0 aliphatic carbocycles. The highest BCUT2D eigenvalue weighted by atomic mass is 35.5. The summed E-state index contributed by atoms with van der Waals surface area (Å²) in [5, 5.41) is 1.75. The number of hydrogen-bond acceptors (Lipinski definition) is 2. The van der Waals surface area contributed by atoms with Crippen LogP contribution < -0.4 is 0 Å². The van der Waals surface area contributed by atoms with Crippen LogP contribution in [0.15, 0.2) is 30.5 Å². The molecule has 0 aliphatic rings. The zero-order valence-electron chi connectivity index (χ0n) is 7.12. The topological polar surface area (TPSA) is 12.9 Å². The molecule has 0 spiro atoms. The second kappa shape index (κ2) is 3.48. The summed E-state index contributed by atoms with van der Waals surface area (Å²) in [4.78, 5) is 5.48. The van der Waals surface area contributed by atoms with E-state index in [0.717, 1.165) is 15.6 Å². The Labute approximate surface area is 86.0 Å². The van der Waals surface area contributed by atoms with E-state index in [-0.39, 0.29) is 0 Å². The van der Waals surface area contributed by atoms with Gasteiger partial charge in [-0.05, 0) is 13.0 Å². The second-order valence-electron chi connectivity index (χ2n) is 2.76. The van der Waals surface area contributed by atoms with Gasteiger partial charge in [-0.3, -0.25) is 0 Å². The average molecular weight is 210 g/mol. The van der Waals surface area contributed by atoms with Crippen LogP contribution in [0, 0.1) is 6.92 Å². The van der Waals surface area contributed by atoms with Gasteiger partial charge < -0.3 is 0 Å². The van der Waals surface area contributed by atoms with Crippen molar-refractivity contribution in [2.24, 2.45) is 0 Å².